The molecule has 0 amide bonds. The Bertz CT molecular complexity index is 806. The third-order valence-electron chi connectivity index (χ3n) is 3.97. The third-order valence-corrected chi connectivity index (χ3v) is 5.87. The number of hydrogen-bond acceptors (Lipinski definition) is 5. The molecule has 0 N–H and O–H groups in total. The topological polar surface area (TPSA) is 68.7 Å². The Labute approximate surface area is 142 Å². The van der Waals surface area contributed by atoms with E-state index in [-0.39, 0.29) is 11.0 Å². The molecule has 1 saturated heterocycles. The first-order valence-electron chi connectivity index (χ1n) is 7.73. The second-order valence-corrected chi connectivity index (χ2v) is 7.62. The SMILES string of the molecule is COc1ccccc1S(=O)(=O)N1CCC(Oc2ccc(C)cn2)C1. The fraction of sp³-hybridized carbons (Fsp3) is 0.353. The van der Waals surface area contributed by atoms with Crippen LogP contribution in [0.25, 0.3) is 0 Å². The fourth-order valence-corrected chi connectivity index (χ4v) is 4.32. The molecule has 1 fully saturated rings. The molecule has 0 spiro atoms. The van der Waals surface area contributed by atoms with Gasteiger partial charge in [0.2, 0.25) is 15.9 Å². The minimum atomic E-state index is -3.61. The number of aryl methyl sites for hydroxylation is 1. The van der Waals surface area contributed by atoms with E-state index in [1.165, 1.54) is 11.4 Å². The third kappa shape index (κ3) is 3.37. The minimum Gasteiger partial charge on any atom is -0.495 e. The van der Waals surface area contributed by atoms with Crippen LogP contribution < -0.4 is 9.47 Å². The van der Waals surface area contributed by atoms with Gasteiger partial charge in [-0.2, -0.15) is 4.31 Å². The van der Waals surface area contributed by atoms with Crippen LogP contribution in [0.1, 0.15) is 12.0 Å². The highest BCUT2D eigenvalue weighted by Gasteiger charge is 2.35. The summed E-state index contributed by atoms with van der Waals surface area (Å²) >= 11 is 0. The van der Waals surface area contributed by atoms with Crippen LogP contribution in [-0.4, -0.2) is 44.0 Å². The molecule has 0 radical (unpaired) electrons. The van der Waals surface area contributed by atoms with E-state index in [1.807, 2.05) is 13.0 Å². The average molecular weight is 348 g/mol. The molecule has 1 aliphatic rings. The van der Waals surface area contributed by atoms with Crippen molar-refractivity contribution in [2.24, 2.45) is 0 Å². The van der Waals surface area contributed by atoms with Crippen molar-refractivity contribution >= 4 is 10.0 Å². The Hall–Kier alpha value is -2.12. The Morgan fingerprint density at radius 1 is 1.21 bits per heavy atom. The first kappa shape index (κ1) is 16.7. The summed E-state index contributed by atoms with van der Waals surface area (Å²) in [6.07, 6.45) is 2.15. The molecule has 0 aliphatic carbocycles. The van der Waals surface area contributed by atoms with Gasteiger partial charge in [0.05, 0.1) is 13.7 Å². The molecule has 1 unspecified atom stereocenters. The van der Waals surface area contributed by atoms with Crippen LogP contribution in [0.2, 0.25) is 0 Å². The first-order valence-corrected chi connectivity index (χ1v) is 9.17. The molecule has 128 valence electrons. The van der Waals surface area contributed by atoms with Crippen LogP contribution in [-0.2, 0) is 10.0 Å². The Balaban J connectivity index is 1.73. The fourth-order valence-electron chi connectivity index (χ4n) is 2.68. The van der Waals surface area contributed by atoms with Crippen LogP contribution >= 0.6 is 0 Å². The lowest BCUT2D eigenvalue weighted by molar-refractivity contribution is 0.207. The molecule has 0 bridgehead atoms. The van der Waals surface area contributed by atoms with Gasteiger partial charge in [-0.25, -0.2) is 13.4 Å². The lowest BCUT2D eigenvalue weighted by atomic mass is 10.3. The zero-order chi connectivity index (χ0) is 17.2. The number of nitrogens with zero attached hydrogens (tertiary/aromatic N) is 2. The van der Waals surface area contributed by atoms with E-state index in [9.17, 15) is 8.42 Å². The van der Waals surface area contributed by atoms with Crippen molar-refractivity contribution in [2.75, 3.05) is 20.2 Å². The summed E-state index contributed by atoms with van der Waals surface area (Å²) in [4.78, 5) is 4.39. The standard InChI is InChI=1S/C17H20N2O4S/c1-13-7-8-17(18-11-13)23-14-9-10-19(12-14)24(20,21)16-6-4-3-5-15(16)22-2/h3-8,11,14H,9-10,12H2,1-2H3. The van der Waals surface area contributed by atoms with E-state index in [2.05, 4.69) is 4.98 Å². The van der Waals surface area contributed by atoms with Crippen LogP contribution in [0.15, 0.2) is 47.5 Å². The van der Waals surface area contributed by atoms with E-state index >= 15 is 0 Å². The van der Waals surface area contributed by atoms with Crippen molar-refractivity contribution in [3.05, 3.63) is 48.2 Å². The van der Waals surface area contributed by atoms with Crippen LogP contribution in [0.3, 0.4) is 0 Å². The number of ether oxygens (including phenoxy) is 2. The monoisotopic (exact) mass is 348 g/mol. The summed E-state index contributed by atoms with van der Waals surface area (Å²) in [7, 11) is -2.14. The van der Waals surface area contributed by atoms with E-state index in [4.69, 9.17) is 9.47 Å². The summed E-state index contributed by atoms with van der Waals surface area (Å²) in [5, 5.41) is 0. The number of para-hydroxylation sites is 1. The number of methoxy groups -OCH3 is 1. The second kappa shape index (κ2) is 6.78. The summed E-state index contributed by atoms with van der Waals surface area (Å²) < 4.78 is 38.1. The summed E-state index contributed by atoms with van der Waals surface area (Å²) in [5.41, 5.74) is 1.05. The summed E-state index contributed by atoms with van der Waals surface area (Å²) in [6.45, 7) is 2.67. The highest BCUT2D eigenvalue weighted by molar-refractivity contribution is 7.89. The highest BCUT2D eigenvalue weighted by Crippen LogP contribution is 2.29. The maximum Gasteiger partial charge on any atom is 0.246 e. The van der Waals surface area contributed by atoms with Crippen molar-refractivity contribution in [1.82, 2.24) is 9.29 Å². The number of rotatable bonds is 5. The first-order chi connectivity index (χ1) is 11.5. The normalized spacial score (nSPS) is 18.5. The maximum atomic E-state index is 12.8. The molecule has 1 aromatic heterocycles. The molecule has 24 heavy (non-hydrogen) atoms. The smallest absolute Gasteiger partial charge is 0.246 e. The molecule has 0 saturated carbocycles. The summed E-state index contributed by atoms with van der Waals surface area (Å²) in [6, 6.07) is 10.4. The molecule has 6 nitrogen and oxygen atoms in total. The number of hydrogen-bond donors (Lipinski definition) is 0. The lowest BCUT2D eigenvalue weighted by Crippen LogP contribution is -2.31. The van der Waals surface area contributed by atoms with Gasteiger partial charge >= 0.3 is 0 Å². The maximum absolute atomic E-state index is 12.8. The van der Waals surface area contributed by atoms with Gasteiger partial charge in [-0.1, -0.05) is 18.2 Å². The Morgan fingerprint density at radius 3 is 2.71 bits per heavy atom. The predicted molar refractivity (Wildman–Crippen MR) is 89.8 cm³/mol. The lowest BCUT2D eigenvalue weighted by Gasteiger charge is -2.18. The van der Waals surface area contributed by atoms with Gasteiger partial charge in [-0.15, -0.1) is 0 Å². The molecular weight excluding hydrogens is 328 g/mol. The van der Waals surface area contributed by atoms with Crippen molar-refractivity contribution in [1.29, 1.82) is 0 Å². The molecule has 7 heteroatoms. The molecular formula is C17H20N2O4S. The van der Waals surface area contributed by atoms with Crippen LogP contribution in [0.5, 0.6) is 11.6 Å². The zero-order valence-corrected chi connectivity index (χ0v) is 14.5. The predicted octanol–water partition coefficient (Wildman–Crippen LogP) is 2.24. The summed E-state index contributed by atoms with van der Waals surface area (Å²) in [5.74, 6) is 0.865. The van der Waals surface area contributed by atoms with E-state index in [0.717, 1.165) is 5.56 Å². The van der Waals surface area contributed by atoms with E-state index in [0.29, 0.717) is 31.1 Å². The van der Waals surface area contributed by atoms with Crippen molar-refractivity contribution in [2.45, 2.75) is 24.3 Å². The highest BCUT2D eigenvalue weighted by atomic mass is 32.2. The van der Waals surface area contributed by atoms with Gasteiger partial charge in [0.25, 0.3) is 0 Å². The largest absolute Gasteiger partial charge is 0.495 e. The Kier molecular flexibility index (Phi) is 4.73. The quantitative estimate of drug-likeness (QED) is 0.829. The molecule has 1 aliphatic heterocycles. The zero-order valence-electron chi connectivity index (χ0n) is 13.7. The minimum absolute atomic E-state index is 0.182. The van der Waals surface area contributed by atoms with Gasteiger partial charge in [0, 0.05) is 18.8 Å². The molecule has 3 rings (SSSR count). The Morgan fingerprint density at radius 2 is 2.00 bits per heavy atom. The van der Waals surface area contributed by atoms with Crippen molar-refractivity contribution in [3.8, 4) is 11.6 Å². The van der Waals surface area contributed by atoms with Crippen LogP contribution in [0.4, 0.5) is 0 Å². The van der Waals surface area contributed by atoms with Crippen molar-refractivity contribution < 1.29 is 17.9 Å². The van der Waals surface area contributed by atoms with E-state index < -0.39 is 10.0 Å². The number of pyridine rings is 1. The van der Waals surface area contributed by atoms with Gasteiger partial charge < -0.3 is 9.47 Å². The van der Waals surface area contributed by atoms with Crippen molar-refractivity contribution in [3.63, 3.8) is 0 Å². The molecule has 1 aromatic carbocycles. The molecule has 1 atom stereocenters. The van der Waals surface area contributed by atoms with Crippen LogP contribution in [0, 0.1) is 6.92 Å². The molecule has 2 aromatic rings. The number of sulfonamides is 1. The average Bonchev–Trinajstić information content (AvgIpc) is 3.06. The van der Waals surface area contributed by atoms with Gasteiger partial charge in [-0.05, 0) is 31.0 Å². The second-order valence-electron chi connectivity index (χ2n) is 5.72. The number of aromatic nitrogens is 1. The van der Waals surface area contributed by atoms with E-state index in [1.54, 1.807) is 36.5 Å². The van der Waals surface area contributed by atoms with Gasteiger partial charge in [0.1, 0.15) is 16.7 Å². The molecule has 2 heterocycles. The van der Waals surface area contributed by atoms with Gasteiger partial charge in [0.15, 0.2) is 0 Å². The number of benzene rings is 1. The van der Waals surface area contributed by atoms with Gasteiger partial charge in [-0.3, -0.25) is 0 Å².